The second-order valence-corrected chi connectivity index (χ2v) is 10.3. The number of anilines is 2. The number of carbonyl (C=O) groups is 1. The Balaban J connectivity index is 1.36. The van der Waals surface area contributed by atoms with Crippen molar-refractivity contribution in [2.75, 3.05) is 30.9 Å². The quantitative estimate of drug-likeness (QED) is 0.222. The predicted molar refractivity (Wildman–Crippen MR) is 170 cm³/mol. The molecule has 0 unspecified atom stereocenters. The predicted octanol–water partition coefficient (Wildman–Crippen LogP) is 6.08. The van der Waals surface area contributed by atoms with Crippen LogP contribution in [0.25, 0.3) is 33.5 Å². The summed E-state index contributed by atoms with van der Waals surface area (Å²) >= 11 is 0. The molecule has 9 nitrogen and oxygen atoms in total. The van der Waals surface area contributed by atoms with Gasteiger partial charge in [0.05, 0.1) is 17.1 Å². The molecule has 6 rings (SSSR count). The van der Waals surface area contributed by atoms with Crippen molar-refractivity contribution in [3.8, 4) is 17.3 Å². The summed E-state index contributed by atoms with van der Waals surface area (Å²) in [6.45, 7) is 1.77. The molecule has 2 aromatic heterocycles. The van der Waals surface area contributed by atoms with E-state index in [1.165, 1.54) is 10.9 Å². The fourth-order valence-electron chi connectivity index (χ4n) is 4.61. The van der Waals surface area contributed by atoms with Crippen molar-refractivity contribution in [3.63, 3.8) is 0 Å². The van der Waals surface area contributed by atoms with Crippen LogP contribution >= 0.6 is 0 Å². The van der Waals surface area contributed by atoms with Crippen LogP contribution in [0.1, 0.15) is 11.1 Å². The summed E-state index contributed by atoms with van der Waals surface area (Å²) in [7, 11) is 3.83. The Morgan fingerprint density at radius 2 is 1.77 bits per heavy atom. The van der Waals surface area contributed by atoms with Gasteiger partial charge in [0.25, 0.3) is 11.5 Å². The number of nitrogens with zero attached hydrogens (tertiary/aromatic N) is 4. The van der Waals surface area contributed by atoms with Crippen molar-refractivity contribution in [2.45, 2.75) is 6.92 Å². The van der Waals surface area contributed by atoms with Crippen molar-refractivity contribution in [1.29, 1.82) is 0 Å². The minimum Gasteiger partial charge on any atom is -0.483 e. The smallest absolute Gasteiger partial charge is 0.282 e. The minimum atomic E-state index is -0.345. The summed E-state index contributed by atoms with van der Waals surface area (Å²) in [5.74, 6) is 0.805. The number of para-hydroxylation sites is 2. The lowest BCUT2D eigenvalue weighted by Gasteiger charge is -2.16. The van der Waals surface area contributed by atoms with E-state index in [0.717, 1.165) is 16.6 Å². The first-order chi connectivity index (χ1) is 20.9. The van der Waals surface area contributed by atoms with Gasteiger partial charge in [-0.3, -0.25) is 9.59 Å². The van der Waals surface area contributed by atoms with E-state index in [4.69, 9.17) is 14.1 Å². The van der Waals surface area contributed by atoms with Crippen LogP contribution in [0.3, 0.4) is 0 Å². The van der Waals surface area contributed by atoms with Gasteiger partial charge in [0.2, 0.25) is 5.82 Å². The van der Waals surface area contributed by atoms with Gasteiger partial charge in [-0.1, -0.05) is 48.0 Å². The van der Waals surface area contributed by atoms with Crippen molar-refractivity contribution in [2.24, 2.45) is 5.10 Å². The van der Waals surface area contributed by atoms with Crippen LogP contribution < -0.4 is 20.5 Å². The number of amides is 1. The first-order valence-electron chi connectivity index (χ1n) is 13.7. The molecule has 0 radical (unpaired) electrons. The van der Waals surface area contributed by atoms with Crippen LogP contribution in [-0.4, -0.2) is 42.5 Å². The lowest BCUT2D eigenvalue weighted by atomic mass is 10.2. The number of nitrogens with one attached hydrogen (secondary N) is 1. The molecule has 0 atom stereocenters. The Bertz CT molecular complexity index is 2010. The number of fused-ring (bicyclic) bond motifs is 2. The third-order valence-electron chi connectivity index (χ3n) is 6.92. The zero-order valence-electron chi connectivity index (χ0n) is 23.9. The number of hydrogen-bond acceptors (Lipinski definition) is 7. The number of hydrogen-bond donors (Lipinski definition) is 1. The molecule has 6 aromatic rings. The summed E-state index contributed by atoms with van der Waals surface area (Å²) in [4.78, 5) is 33.0. The molecule has 1 N–H and O–H groups in total. The van der Waals surface area contributed by atoms with Gasteiger partial charge in [-0.25, -0.2) is 4.98 Å². The molecule has 4 aromatic carbocycles. The van der Waals surface area contributed by atoms with Gasteiger partial charge in [0, 0.05) is 42.5 Å². The lowest BCUT2D eigenvalue weighted by molar-refractivity contribution is -0.118. The summed E-state index contributed by atoms with van der Waals surface area (Å²) in [6.07, 6.45) is 1.52. The number of ether oxygens (including phenoxy) is 1. The van der Waals surface area contributed by atoms with E-state index >= 15 is 0 Å². The maximum Gasteiger partial charge on any atom is 0.282 e. The highest BCUT2D eigenvalue weighted by molar-refractivity contribution is 5.92. The Kier molecular flexibility index (Phi) is 7.44. The van der Waals surface area contributed by atoms with Crippen molar-refractivity contribution < 1.29 is 13.9 Å². The molecule has 0 aliphatic heterocycles. The van der Waals surface area contributed by atoms with Gasteiger partial charge in [-0.05, 0) is 55.5 Å². The van der Waals surface area contributed by atoms with E-state index in [1.54, 1.807) is 18.2 Å². The molecular formula is C34H29N5O4. The number of furan rings is 1. The van der Waals surface area contributed by atoms with Crippen LogP contribution in [0, 0.1) is 6.92 Å². The zero-order chi connectivity index (χ0) is 29.9. The van der Waals surface area contributed by atoms with Gasteiger partial charge < -0.3 is 19.4 Å². The standard InChI is InChI=1S/C34H29N5O4/c1-22-12-15-25(16-13-22)36-32(40)21-42-30-19-26(38(2)3)17-14-24(30)20-35-39-33(31-18-23-8-4-7-11-29(23)43-31)37-28-10-6-5-9-27(28)34(39)41/h4-20H,21H2,1-3H3,(H,36,40). The summed E-state index contributed by atoms with van der Waals surface area (Å²) in [6, 6.07) is 29.6. The largest absolute Gasteiger partial charge is 0.483 e. The van der Waals surface area contributed by atoms with Crippen LogP contribution in [0.2, 0.25) is 0 Å². The van der Waals surface area contributed by atoms with Gasteiger partial charge in [0.15, 0.2) is 12.4 Å². The molecule has 1 amide bonds. The van der Waals surface area contributed by atoms with E-state index in [0.29, 0.717) is 39.2 Å². The summed E-state index contributed by atoms with van der Waals surface area (Å²) < 4.78 is 13.3. The summed E-state index contributed by atoms with van der Waals surface area (Å²) in [5.41, 5.74) is 4.10. The van der Waals surface area contributed by atoms with Crippen LogP contribution in [0.5, 0.6) is 5.75 Å². The second-order valence-electron chi connectivity index (χ2n) is 10.3. The normalized spacial score (nSPS) is 11.3. The maximum absolute atomic E-state index is 13.7. The Hall–Kier alpha value is -5.70. The average molecular weight is 572 g/mol. The molecule has 0 aliphatic rings. The third-order valence-corrected chi connectivity index (χ3v) is 6.92. The number of aromatic nitrogens is 2. The monoisotopic (exact) mass is 571 g/mol. The van der Waals surface area contributed by atoms with E-state index in [-0.39, 0.29) is 23.9 Å². The third kappa shape index (κ3) is 5.87. The Morgan fingerprint density at radius 3 is 2.56 bits per heavy atom. The fraction of sp³-hybridized carbons (Fsp3) is 0.118. The highest BCUT2D eigenvalue weighted by atomic mass is 16.5. The van der Waals surface area contributed by atoms with E-state index < -0.39 is 0 Å². The number of benzene rings is 4. The first-order valence-corrected chi connectivity index (χ1v) is 13.7. The second kappa shape index (κ2) is 11.7. The average Bonchev–Trinajstić information content (AvgIpc) is 3.45. The zero-order valence-corrected chi connectivity index (χ0v) is 23.9. The highest BCUT2D eigenvalue weighted by Crippen LogP contribution is 2.28. The topological polar surface area (TPSA) is 102 Å². The molecule has 0 saturated carbocycles. The fourth-order valence-corrected chi connectivity index (χ4v) is 4.61. The number of aryl methyl sites for hydroxylation is 1. The lowest BCUT2D eigenvalue weighted by Crippen LogP contribution is -2.21. The number of carbonyl (C=O) groups excluding carboxylic acids is 1. The van der Waals surface area contributed by atoms with Gasteiger partial charge in [-0.2, -0.15) is 9.78 Å². The molecule has 2 heterocycles. The molecule has 0 aliphatic carbocycles. The van der Waals surface area contributed by atoms with Crippen molar-refractivity contribution in [3.05, 3.63) is 119 Å². The van der Waals surface area contributed by atoms with E-state index in [1.807, 2.05) is 105 Å². The van der Waals surface area contributed by atoms with Gasteiger partial charge in [0.1, 0.15) is 11.3 Å². The van der Waals surface area contributed by atoms with E-state index in [9.17, 15) is 9.59 Å². The molecule has 0 fully saturated rings. The molecular weight excluding hydrogens is 542 g/mol. The molecule has 0 saturated heterocycles. The minimum absolute atomic E-state index is 0.215. The van der Waals surface area contributed by atoms with Crippen LogP contribution in [-0.2, 0) is 4.79 Å². The van der Waals surface area contributed by atoms with E-state index in [2.05, 4.69) is 10.4 Å². The molecule has 0 spiro atoms. The molecule has 9 heteroatoms. The van der Waals surface area contributed by atoms with Crippen LogP contribution in [0.15, 0.2) is 111 Å². The van der Waals surface area contributed by atoms with Gasteiger partial charge >= 0.3 is 0 Å². The van der Waals surface area contributed by atoms with Crippen molar-refractivity contribution in [1.82, 2.24) is 9.66 Å². The van der Waals surface area contributed by atoms with Gasteiger partial charge in [-0.15, -0.1) is 0 Å². The van der Waals surface area contributed by atoms with Crippen molar-refractivity contribution >= 4 is 45.4 Å². The SMILES string of the molecule is Cc1ccc(NC(=O)COc2cc(N(C)C)ccc2C=Nn2c(-c3cc4ccccc4o3)nc3ccccc3c2=O)cc1. The molecule has 0 bridgehead atoms. The highest BCUT2D eigenvalue weighted by Gasteiger charge is 2.17. The Labute approximate surface area is 247 Å². The molecule has 43 heavy (non-hydrogen) atoms. The summed E-state index contributed by atoms with van der Waals surface area (Å²) in [5, 5.41) is 8.72. The van der Waals surface area contributed by atoms with Crippen LogP contribution in [0.4, 0.5) is 11.4 Å². The number of rotatable bonds is 8. The molecule has 214 valence electrons. The first kappa shape index (κ1) is 27.5. The Morgan fingerprint density at radius 1 is 1.00 bits per heavy atom. The maximum atomic E-state index is 13.7.